The lowest BCUT2D eigenvalue weighted by atomic mass is 10.1. The van der Waals surface area contributed by atoms with Crippen LogP contribution >= 0.6 is 0 Å². The summed E-state index contributed by atoms with van der Waals surface area (Å²) in [6.07, 6.45) is 5.13. The van der Waals surface area contributed by atoms with Crippen molar-refractivity contribution in [3.05, 3.63) is 24.2 Å². The molecule has 1 aliphatic carbocycles. The minimum Gasteiger partial charge on any atom is -0.481 e. The van der Waals surface area contributed by atoms with E-state index in [0.717, 1.165) is 31.4 Å². The van der Waals surface area contributed by atoms with Crippen LogP contribution in [0.4, 0.5) is 4.79 Å². The molecule has 1 aromatic rings. The maximum Gasteiger partial charge on any atom is 0.315 e. The van der Waals surface area contributed by atoms with Crippen molar-refractivity contribution in [2.24, 2.45) is 5.92 Å². The first kappa shape index (κ1) is 15.4. The van der Waals surface area contributed by atoms with Crippen molar-refractivity contribution in [1.29, 1.82) is 0 Å². The molecule has 6 nitrogen and oxygen atoms in total. The number of carbonyl (C=O) groups excluding carboxylic acids is 1. The molecule has 2 rings (SSSR count). The van der Waals surface area contributed by atoms with E-state index in [1.54, 1.807) is 6.26 Å². The summed E-state index contributed by atoms with van der Waals surface area (Å²) < 4.78 is 5.24. The Hall–Kier alpha value is -1.98. The van der Waals surface area contributed by atoms with Crippen LogP contribution in [0.15, 0.2) is 22.8 Å². The average molecular weight is 294 g/mol. The molecular formula is C15H22N2O4. The van der Waals surface area contributed by atoms with E-state index in [1.165, 1.54) is 0 Å². The second-order valence-electron chi connectivity index (χ2n) is 5.68. The number of carboxylic acids is 1. The van der Waals surface area contributed by atoms with Crippen LogP contribution < -0.4 is 10.6 Å². The Bertz CT molecular complexity index is 468. The Morgan fingerprint density at radius 1 is 1.43 bits per heavy atom. The first-order chi connectivity index (χ1) is 10.0. The van der Waals surface area contributed by atoms with E-state index in [0.29, 0.717) is 5.92 Å². The number of carbonyl (C=O) groups is 2. The second-order valence-corrected chi connectivity index (χ2v) is 5.68. The third-order valence-electron chi connectivity index (χ3n) is 3.68. The lowest BCUT2D eigenvalue weighted by Gasteiger charge is -2.19. The molecule has 21 heavy (non-hydrogen) atoms. The molecule has 1 heterocycles. The molecule has 0 saturated heterocycles. The van der Waals surface area contributed by atoms with E-state index >= 15 is 0 Å². The fourth-order valence-corrected chi connectivity index (χ4v) is 2.34. The van der Waals surface area contributed by atoms with Gasteiger partial charge in [-0.15, -0.1) is 0 Å². The first-order valence-corrected chi connectivity index (χ1v) is 7.36. The van der Waals surface area contributed by atoms with Crippen molar-refractivity contribution < 1.29 is 19.1 Å². The van der Waals surface area contributed by atoms with Gasteiger partial charge < -0.3 is 20.2 Å². The molecule has 2 unspecified atom stereocenters. The number of aliphatic carboxylic acids is 1. The molecule has 6 heteroatoms. The first-order valence-electron chi connectivity index (χ1n) is 7.36. The number of carboxylic acid groups (broad SMARTS) is 1. The van der Waals surface area contributed by atoms with E-state index in [1.807, 2.05) is 19.1 Å². The van der Waals surface area contributed by atoms with E-state index < -0.39 is 5.97 Å². The number of amides is 2. The van der Waals surface area contributed by atoms with Crippen molar-refractivity contribution in [2.45, 2.75) is 51.1 Å². The number of furan rings is 1. The van der Waals surface area contributed by atoms with E-state index in [-0.39, 0.29) is 24.5 Å². The van der Waals surface area contributed by atoms with Gasteiger partial charge in [-0.05, 0) is 44.2 Å². The number of hydrogen-bond acceptors (Lipinski definition) is 3. The molecule has 1 saturated carbocycles. The van der Waals surface area contributed by atoms with Gasteiger partial charge >= 0.3 is 12.0 Å². The molecule has 116 valence electrons. The summed E-state index contributed by atoms with van der Waals surface area (Å²) in [7, 11) is 0. The SMILES string of the molecule is CC(CCc1ccco1)NC(=O)NC(CC(=O)O)C1CC1. The molecule has 0 spiro atoms. The van der Waals surface area contributed by atoms with Crippen LogP contribution in [0.2, 0.25) is 0 Å². The second kappa shape index (κ2) is 7.15. The van der Waals surface area contributed by atoms with Crippen molar-refractivity contribution >= 4 is 12.0 Å². The zero-order valence-corrected chi connectivity index (χ0v) is 12.2. The lowest BCUT2D eigenvalue weighted by molar-refractivity contribution is -0.137. The molecule has 2 amide bonds. The Morgan fingerprint density at radius 2 is 2.19 bits per heavy atom. The third-order valence-corrected chi connectivity index (χ3v) is 3.68. The van der Waals surface area contributed by atoms with E-state index in [4.69, 9.17) is 9.52 Å². The van der Waals surface area contributed by atoms with Gasteiger partial charge in [-0.2, -0.15) is 0 Å². The van der Waals surface area contributed by atoms with Crippen LogP contribution in [0.5, 0.6) is 0 Å². The van der Waals surface area contributed by atoms with Crippen LogP contribution in [-0.2, 0) is 11.2 Å². The van der Waals surface area contributed by atoms with Crippen LogP contribution in [-0.4, -0.2) is 29.2 Å². The molecule has 1 fully saturated rings. The number of aryl methyl sites for hydroxylation is 1. The highest BCUT2D eigenvalue weighted by atomic mass is 16.4. The molecule has 0 radical (unpaired) electrons. The standard InChI is InChI=1S/C15H22N2O4/c1-10(4-7-12-3-2-8-21-12)16-15(20)17-13(9-14(18)19)11-5-6-11/h2-3,8,10-11,13H,4-7,9H2,1H3,(H,18,19)(H2,16,17,20). The van der Waals surface area contributed by atoms with Gasteiger partial charge in [0.1, 0.15) is 5.76 Å². The molecule has 0 aliphatic heterocycles. The van der Waals surface area contributed by atoms with Gasteiger partial charge in [0.2, 0.25) is 0 Å². The minimum absolute atomic E-state index is 0.000203. The molecule has 0 aromatic carbocycles. The predicted octanol–water partition coefficient (Wildman–Crippen LogP) is 2.15. The number of rotatable bonds is 8. The van der Waals surface area contributed by atoms with Gasteiger partial charge in [-0.3, -0.25) is 4.79 Å². The monoisotopic (exact) mass is 294 g/mol. The summed E-state index contributed by atoms with van der Waals surface area (Å²) in [5.74, 6) is 0.328. The van der Waals surface area contributed by atoms with Gasteiger partial charge in [0.15, 0.2) is 0 Å². The number of nitrogens with one attached hydrogen (secondary N) is 2. The quantitative estimate of drug-likeness (QED) is 0.685. The van der Waals surface area contributed by atoms with Crippen molar-refractivity contribution in [3.63, 3.8) is 0 Å². The fraction of sp³-hybridized carbons (Fsp3) is 0.600. The average Bonchev–Trinajstić information content (AvgIpc) is 3.12. The fourth-order valence-electron chi connectivity index (χ4n) is 2.34. The van der Waals surface area contributed by atoms with Crippen molar-refractivity contribution in [2.75, 3.05) is 0 Å². The minimum atomic E-state index is -0.877. The Balaban J connectivity index is 1.70. The normalized spacial score (nSPS) is 17.0. The number of hydrogen-bond donors (Lipinski definition) is 3. The molecular weight excluding hydrogens is 272 g/mol. The highest BCUT2D eigenvalue weighted by molar-refractivity contribution is 5.76. The molecule has 1 aromatic heterocycles. The predicted molar refractivity (Wildman–Crippen MR) is 76.9 cm³/mol. The van der Waals surface area contributed by atoms with Crippen molar-refractivity contribution in [3.8, 4) is 0 Å². The molecule has 1 aliphatic rings. The molecule has 0 bridgehead atoms. The summed E-state index contributed by atoms with van der Waals surface area (Å²) in [5, 5.41) is 14.5. The van der Waals surface area contributed by atoms with Crippen LogP contribution in [0.3, 0.4) is 0 Å². The lowest BCUT2D eigenvalue weighted by Crippen LogP contribution is -2.47. The van der Waals surface area contributed by atoms with Crippen LogP contribution in [0.25, 0.3) is 0 Å². The summed E-state index contributed by atoms with van der Waals surface area (Å²) in [6, 6.07) is 3.19. The van der Waals surface area contributed by atoms with Crippen molar-refractivity contribution in [1.82, 2.24) is 10.6 Å². The smallest absolute Gasteiger partial charge is 0.315 e. The summed E-state index contributed by atoms with van der Waals surface area (Å²) in [5.41, 5.74) is 0. The zero-order valence-electron chi connectivity index (χ0n) is 12.2. The van der Waals surface area contributed by atoms with Gasteiger partial charge in [0, 0.05) is 18.5 Å². The summed E-state index contributed by atoms with van der Waals surface area (Å²) in [6.45, 7) is 1.92. The Morgan fingerprint density at radius 3 is 2.76 bits per heavy atom. The topological polar surface area (TPSA) is 91.6 Å². The zero-order chi connectivity index (χ0) is 15.2. The Kier molecular flexibility index (Phi) is 5.25. The maximum absolute atomic E-state index is 11.9. The van der Waals surface area contributed by atoms with E-state index in [9.17, 15) is 9.59 Å². The van der Waals surface area contributed by atoms with Gasteiger partial charge in [0.05, 0.1) is 12.7 Å². The van der Waals surface area contributed by atoms with E-state index in [2.05, 4.69) is 10.6 Å². The van der Waals surface area contributed by atoms with Gasteiger partial charge in [0.25, 0.3) is 0 Å². The van der Waals surface area contributed by atoms with Gasteiger partial charge in [-0.1, -0.05) is 0 Å². The highest BCUT2D eigenvalue weighted by Crippen LogP contribution is 2.33. The van der Waals surface area contributed by atoms with Gasteiger partial charge in [-0.25, -0.2) is 4.79 Å². The van der Waals surface area contributed by atoms with Crippen LogP contribution in [0.1, 0.15) is 38.4 Å². The summed E-state index contributed by atoms with van der Waals surface area (Å²) >= 11 is 0. The maximum atomic E-state index is 11.9. The third kappa shape index (κ3) is 5.49. The molecule has 2 atom stereocenters. The highest BCUT2D eigenvalue weighted by Gasteiger charge is 2.33. The van der Waals surface area contributed by atoms with Crippen LogP contribution in [0, 0.1) is 5.92 Å². The molecule has 3 N–H and O–H groups in total. The Labute approximate surface area is 123 Å². The number of urea groups is 1. The summed E-state index contributed by atoms with van der Waals surface area (Å²) in [4.78, 5) is 22.7. The largest absolute Gasteiger partial charge is 0.481 e.